The normalized spacial score (nSPS) is 15.0. The number of carbonyl (C=O) groups excluding carboxylic acids is 2. The topological polar surface area (TPSA) is 92.5 Å². The van der Waals surface area contributed by atoms with Crippen LogP contribution in [0.2, 0.25) is 0 Å². The fourth-order valence-corrected chi connectivity index (χ4v) is 3.70. The van der Waals surface area contributed by atoms with Crippen molar-refractivity contribution >= 4 is 34.9 Å². The Balaban J connectivity index is 1.91. The summed E-state index contributed by atoms with van der Waals surface area (Å²) in [7, 11) is 0. The third kappa shape index (κ3) is 5.04. The van der Waals surface area contributed by atoms with Crippen LogP contribution < -0.4 is 5.32 Å². The number of nitrogens with one attached hydrogen (secondary N) is 1. The van der Waals surface area contributed by atoms with Crippen LogP contribution in [0.15, 0.2) is 47.5 Å². The molecule has 1 aliphatic rings. The smallest absolute Gasteiger partial charge is 0.270 e. The zero-order valence-corrected chi connectivity index (χ0v) is 16.1. The van der Waals surface area contributed by atoms with E-state index in [0.717, 1.165) is 25.7 Å². The van der Waals surface area contributed by atoms with E-state index in [2.05, 4.69) is 5.32 Å². The van der Waals surface area contributed by atoms with Crippen molar-refractivity contribution in [3.63, 3.8) is 0 Å². The van der Waals surface area contributed by atoms with E-state index in [9.17, 15) is 19.7 Å². The van der Waals surface area contributed by atoms with Gasteiger partial charge in [0.1, 0.15) is 5.70 Å². The summed E-state index contributed by atoms with van der Waals surface area (Å²) in [5.41, 5.74) is 0.541. The van der Waals surface area contributed by atoms with Crippen LogP contribution in [-0.4, -0.2) is 34.7 Å². The van der Waals surface area contributed by atoms with Gasteiger partial charge in [-0.15, -0.1) is 11.3 Å². The van der Waals surface area contributed by atoms with Crippen molar-refractivity contribution in [1.82, 2.24) is 10.2 Å². The molecule has 1 saturated heterocycles. The van der Waals surface area contributed by atoms with E-state index in [1.54, 1.807) is 34.5 Å². The number of thiophene rings is 1. The number of benzene rings is 1. The lowest BCUT2D eigenvalue weighted by Crippen LogP contribution is -2.38. The van der Waals surface area contributed by atoms with Gasteiger partial charge in [0.2, 0.25) is 0 Å². The van der Waals surface area contributed by atoms with Crippen molar-refractivity contribution in [3.8, 4) is 0 Å². The second kappa shape index (κ2) is 9.27. The Kier molecular flexibility index (Phi) is 6.54. The van der Waals surface area contributed by atoms with Crippen molar-refractivity contribution in [1.29, 1.82) is 0 Å². The van der Waals surface area contributed by atoms with Crippen LogP contribution in [0, 0.1) is 10.1 Å². The first-order chi connectivity index (χ1) is 13.5. The highest BCUT2D eigenvalue weighted by molar-refractivity contribution is 7.12. The fraction of sp³-hybridized carbons (Fsp3) is 0.300. The lowest BCUT2D eigenvalue weighted by Gasteiger charge is -2.22. The zero-order valence-electron chi connectivity index (χ0n) is 15.3. The summed E-state index contributed by atoms with van der Waals surface area (Å²) < 4.78 is 0. The number of nitro groups is 1. The number of carbonyl (C=O) groups is 2. The lowest BCUT2D eigenvalue weighted by atomic mass is 10.1. The van der Waals surface area contributed by atoms with Crippen LogP contribution in [0.25, 0.3) is 6.08 Å². The largest absolute Gasteiger partial charge is 0.337 e. The van der Waals surface area contributed by atoms with Crippen LogP contribution in [0.4, 0.5) is 5.69 Å². The Morgan fingerprint density at radius 1 is 1.11 bits per heavy atom. The minimum atomic E-state index is -0.488. The van der Waals surface area contributed by atoms with Gasteiger partial charge in [0.05, 0.1) is 9.80 Å². The maximum absolute atomic E-state index is 13.1. The molecule has 7 nitrogen and oxygen atoms in total. The number of nitrogens with zero attached hydrogens (tertiary/aromatic N) is 2. The van der Waals surface area contributed by atoms with Crippen molar-refractivity contribution in [3.05, 3.63) is 68.0 Å². The van der Waals surface area contributed by atoms with Gasteiger partial charge in [0, 0.05) is 25.2 Å². The number of hydrogen-bond donors (Lipinski definition) is 1. The van der Waals surface area contributed by atoms with Crippen molar-refractivity contribution in [2.75, 3.05) is 13.1 Å². The van der Waals surface area contributed by atoms with Gasteiger partial charge in [-0.05, 0) is 35.9 Å². The van der Waals surface area contributed by atoms with Gasteiger partial charge >= 0.3 is 0 Å². The van der Waals surface area contributed by atoms with Gasteiger partial charge in [0.15, 0.2) is 0 Å². The highest BCUT2D eigenvalue weighted by Gasteiger charge is 2.22. The minimum Gasteiger partial charge on any atom is -0.337 e. The van der Waals surface area contributed by atoms with Gasteiger partial charge in [-0.25, -0.2) is 0 Å². The van der Waals surface area contributed by atoms with Crippen LogP contribution in [-0.2, 0) is 4.79 Å². The van der Waals surface area contributed by atoms with E-state index in [1.165, 1.54) is 29.5 Å². The quantitative estimate of drug-likeness (QED) is 0.470. The van der Waals surface area contributed by atoms with Gasteiger partial charge < -0.3 is 10.2 Å². The molecule has 0 aliphatic carbocycles. The summed E-state index contributed by atoms with van der Waals surface area (Å²) >= 11 is 1.28. The fourth-order valence-electron chi connectivity index (χ4n) is 3.08. The molecule has 0 saturated carbocycles. The molecule has 1 fully saturated rings. The van der Waals surface area contributed by atoms with E-state index in [4.69, 9.17) is 0 Å². The van der Waals surface area contributed by atoms with Crippen LogP contribution in [0.3, 0.4) is 0 Å². The van der Waals surface area contributed by atoms with E-state index < -0.39 is 4.92 Å². The third-order valence-corrected chi connectivity index (χ3v) is 5.38. The predicted octanol–water partition coefficient (Wildman–Crippen LogP) is 3.83. The monoisotopic (exact) mass is 399 g/mol. The molecule has 0 spiro atoms. The summed E-state index contributed by atoms with van der Waals surface area (Å²) in [5.74, 6) is -0.631. The zero-order chi connectivity index (χ0) is 19.9. The molecule has 28 heavy (non-hydrogen) atoms. The third-order valence-electron chi connectivity index (χ3n) is 4.51. The predicted molar refractivity (Wildman–Crippen MR) is 108 cm³/mol. The van der Waals surface area contributed by atoms with Crippen LogP contribution in [0.5, 0.6) is 0 Å². The summed E-state index contributed by atoms with van der Waals surface area (Å²) in [4.78, 5) is 38.4. The average Bonchev–Trinajstić information content (AvgIpc) is 3.10. The van der Waals surface area contributed by atoms with Gasteiger partial charge in [0.25, 0.3) is 17.5 Å². The SMILES string of the molecule is O=C(N/C(=C\c1cccc([N+](=O)[O-])c1)C(=O)N1CCCCCC1)c1cccs1. The second-order valence-corrected chi connectivity index (χ2v) is 7.50. The Morgan fingerprint density at radius 3 is 2.50 bits per heavy atom. The Hall–Kier alpha value is -3.00. The Bertz CT molecular complexity index is 885. The van der Waals surface area contributed by atoms with Crippen molar-refractivity contribution in [2.45, 2.75) is 25.7 Å². The van der Waals surface area contributed by atoms with Crippen LogP contribution >= 0.6 is 11.3 Å². The molecule has 2 heterocycles. The molecule has 2 aromatic rings. The van der Waals surface area contributed by atoms with E-state index in [0.29, 0.717) is 23.5 Å². The highest BCUT2D eigenvalue weighted by Crippen LogP contribution is 2.18. The molecular weight excluding hydrogens is 378 g/mol. The standard InChI is InChI=1S/C20H21N3O4S/c24-19(18-9-6-12-28-18)21-17(20(25)22-10-3-1-2-4-11-22)14-15-7-5-8-16(13-15)23(26)27/h5-9,12-14H,1-4,10-11H2,(H,21,24)/b17-14-. The first kappa shape index (κ1) is 19.8. The Morgan fingerprint density at radius 2 is 1.86 bits per heavy atom. The maximum Gasteiger partial charge on any atom is 0.270 e. The van der Waals surface area contributed by atoms with Gasteiger partial charge in [-0.2, -0.15) is 0 Å². The molecule has 1 aromatic carbocycles. The molecule has 3 rings (SSSR count). The number of non-ortho nitro benzene ring substituents is 1. The summed E-state index contributed by atoms with van der Waals surface area (Å²) in [6.45, 7) is 1.28. The number of likely N-dealkylation sites (tertiary alicyclic amines) is 1. The first-order valence-electron chi connectivity index (χ1n) is 9.15. The van der Waals surface area contributed by atoms with E-state index in [1.807, 2.05) is 0 Å². The number of hydrogen-bond acceptors (Lipinski definition) is 5. The molecule has 146 valence electrons. The second-order valence-electron chi connectivity index (χ2n) is 6.55. The molecule has 1 aromatic heterocycles. The molecule has 0 unspecified atom stereocenters. The van der Waals surface area contributed by atoms with Crippen LogP contribution in [0.1, 0.15) is 40.9 Å². The average molecular weight is 399 g/mol. The lowest BCUT2D eigenvalue weighted by molar-refractivity contribution is -0.384. The molecule has 1 aliphatic heterocycles. The molecular formula is C20H21N3O4S. The van der Waals surface area contributed by atoms with Gasteiger partial charge in [-0.3, -0.25) is 19.7 Å². The van der Waals surface area contributed by atoms with Gasteiger partial charge in [-0.1, -0.05) is 31.0 Å². The summed E-state index contributed by atoms with van der Waals surface area (Å²) in [6, 6.07) is 9.44. The van der Waals surface area contributed by atoms with Crippen molar-refractivity contribution < 1.29 is 14.5 Å². The first-order valence-corrected chi connectivity index (χ1v) is 10.0. The highest BCUT2D eigenvalue weighted by atomic mass is 32.1. The summed E-state index contributed by atoms with van der Waals surface area (Å²) in [6.07, 6.45) is 5.51. The number of amides is 2. The number of nitro benzene ring substituents is 1. The van der Waals surface area contributed by atoms with E-state index in [-0.39, 0.29) is 23.2 Å². The minimum absolute atomic E-state index is 0.0695. The molecule has 2 amide bonds. The molecule has 0 radical (unpaired) electrons. The molecule has 0 atom stereocenters. The van der Waals surface area contributed by atoms with Crippen molar-refractivity contribution in [2.24, 2.45) is 0 Å². The maximum atomic E-state index is 13.1. The summed E-state index contributed by atoms with van der Waals surface area (Å²) in [5, 5.41) is 15.5. The molecule has 0 bridgehead atoms. The number of rotatable bonds is 5. The molecule has 1 N–H and O–H groups in total. The Labute approximate surface area is 166 Å². The molecule has 8 heteroatoms. The van der Waals surface area contributed by atoms with E-state index >= 15 is 0 Å².